The monoisotopic (exact) mass is 243 g/mol. The predicted octanol–water partition coefficient (Wildman–Crippen LogP) is 1.62. The van der Waals surface area contributed by atoms with Crippen molar-refractivity contribution < 1.29 is 27.1 Å². The Labute approximate surface area is 76.1 Å². The first-order valence-electron chi connectivity index (χ1n) is 2.02. The summed E-state index contributed by atoms with van der Waals surface area (Å²) in [5.41, 5.74) is 0. The molecule has 8 heavy (non-hydrogen) atoms. The molecule has 0 unspecified atom stereocenters. The quantitative estimate of drug-likeness (QED) is 0.426. The van der Waals surface area contributed by atoms with Crippen molar-refractivity contribution in [3.05, 3.63) is 0 Å². The van der Waals surface area contributed by atoms with Crippen molar-refractivity contribution in [3.63, 3.8) is 0 Å². The number of hydrogen-bond donors (Lipinski definition) is 1. The average Bonchev–Trinajstić information content (AvgIpc) is 1.27. The van der Waals surface area contributed by atoms with Crippen molar-refractivity contribution in [1.82, 2.24) is 0 Å². The molecule has 0 N–H and O–H groups in total. The Balaban J connectivity index is 0. The van der Waals surface area contributed by atoms with Crippen LogP contribution in [0.3, 0.4) is 0 Å². The van der Waals surface area contributed by atoms with Crippen molar-refractivity contribution >= 4 is 29.2 Å². The van der Waals surface area contributed by atoms with Crippen LogP contribution in [-0.2, 0) is 27.1 Å². The average molecular weight is 244 g/mol. The summed E-state index contributed by atoms with van der Waals surface area (Å²) in [5.74, 6) is 0. The number of hydrogen-bond acceptors (Lipinski definition) is 2. The molecule has 0 saturated heterocycles. The SMILES string of the molecule is CC(C)OC(=S)S.[Ag]. The Morgan fingerprint density at radius 2 is 2.00 bits per heavy atom. The molecule has 0 aliphatic rings. The van der Waals surface area contributed by atoms with Crippen LogP contribution in [0.1, 0.15) is 13.8 Å². The van der Waals surface area contributed by atoms with E-state index in [1.807, 2.05) is 13.8 Å². The fraction of sp³-hybridized carbons (Fsp3) is 0.750. The second kappa shape index (κ2) is 6.11. The topological polar surface area (TPSA) is 9.23 Å². The van der Waals surface area contributed by atoms with Gasteiger partial charge in [-0.3, -0.25) is 0 Å². The van der Waals surface area contributed by atoms with Gasteiger partial charge in [-0.15, -0.1) is 0 Å². The van der Waals surface area contributed by atoms with Crippen LogP contribution in [0.15, 0.2) is 0 Å². The van der Waals surface area contributed by atoms with Gasteiger partial charge in [0.15, 0.2) is 0 Å². The summed E-state index contributed by atoms with van der Waals surface area (Å²) in [6.45, 7) is 3.81. The minimum absolute atomic E-state index is 0. The van der Waals surface area contributed by atoms with E-state index in [9.17, 15) is 0 Å². The van der Waals surface area contributed by atoms with Gasteiger partial charge in [0.2, 0.25) is 4.38 Å². The Hall–Kier alpha value is 0.980. The van der Waals surface area contributed by atoms with Crippen molar-refractivity contribution in [1.29, 1.82) is 0 Å². The molecule has 0 heterocycles. The third-order valence-corrected chi connectivity index (χ3v) is 0.538. The second-order valence-electron chi connectivity index (χ2n) is 1.43. The minimum atomic E-state index is 0. The summed E-state index contributed by atoms with van der Waals surface area (Å²) in [6.07, 6.45) is 0.157. The molecule has 0 aliphatic heterocycles. The van der Waals surface area contributed by atoms with Crippen LogP contribution in [0, 0.1) is 0 Å². The summed E-state index contributed by atoms with van der Waals surface area (Å²) >= 11 is 8.26. The summed E-state index contributed by atoms with van der Waals surface area (Å²) in [5, 5.41) is 0. The van der Waals surface area contributed by atoms with E-state index in [2.05, 4.69) is 24.8 Å². The Morgan fingerprint density at radius 1 is 1.62 bits per heavy atom. The molecule has 53 valence electrons. The van der Waals surface area contributed by atoms with Crippen LogP contribution >= 0.6 is 24.8 Å². The maximum atomic E-state index is 4.85. The van der Waals surface area contributed by atoms with Gasteiger partial charge in [-0.2, -0.15) is 0 Å². The molecule has 0 atom stereocenters. The summed E-state index contributed by atoms with van der Waals surface area (Å²) < 4.78 is 5.16. The molecular formula is C4H8AgOS2. The zero-order chi connectivity index (χ0) is 5.86. The molecule has 0 aromatic rings. The normalized spacial score (nSPS) is 8.00. The molecule has 0 fully saturated rings. The zero-order valence-corrected chi connectivity index (χ0v) is 7.84. The largest absolute Gasteiger partial charge is 0.476 e. The van der Waals surface area contributed by atoms with Gasteiger partial charge in [-0.05, 0) is 26.1 Å². The molecule has 4 heteroatoms. The summed E-state index contributed by atoms with van der Waals surface area (Å²) in [4.78, 5) is 0. The number of thiol groups is 1. The van der Waals surface area contributed by atoms with Crippen molar-refractivity contribution in [2.45, 2.75) is 20.0 Å². The maximum Gasteiger partial charge on any atom is 0.217 e. The maximum absolute atomic E-state index is 4.85. The van der Waals surface area contributed by atoms with Gasteiger partial charge in [-0.25, -0.2) is 0 Å². The number of rotatable bonds is 1. The Morgan fingerprint density at radius 3 is 2.00 bits per heavy atom. The molecule has 0 rings (SSSR count). The summed E-state index contributed by atoms with van der Waals surface area (Å²) in [6, 6.07) is 0. The van der Waals surface area contributed by atoms with Crippen LogP contribution in [0.4, 0.5) is 0 Å². The Bertz CT molecular complexity index is 74.4. The van der Waals surface area contributed by atoms with Gasteiger partial charge in [-0.1, -0.05) is 12.6 Å². The smallest absolute Gasteiger partial charge is 0.217 e. The van der Waals surface area contributed by atoms with Crippen molar-refractivity contribution in [2.75, 3.05) is 0 Å². The minimum Gasteiger partial charge on any atom is -0.476 e. The van der Waals surface area contributed by atoms with E-state index in [1.54, 1.807) is 0 Å². The van der Waals surface area contributed by atoms with E-state index in [-0.39, 0.29) is 28.5 Å². The third kappa shape index (κ3) is 10.1. The fourth-order valence-electron chi connectivity index (χ4n) is 0.202. The van der Waals surface area contributed by atoms with Gasteiger partial charge in [0, 0.05) is 22.4 Å². The van der Waals surface area contributed by atoms with Gasteiger partial charge in [0.25, 0.3) is 0 Å². The molecule has 0 bridgehead atoms. The van der Waals surface area contributed by atoms with E-state index in [0.29, 0.717) is 4.38 Å². The molecule has 0 saturated carbocycles. The molecule has 1 radical (unpaired) electrons. The second-order valence-corrected chi connectivity index (χ2v) is 2.51. The van der Waals surface area contributed by atoms with E-state index in [1.165, 1.54) is 0 Å². The van der Waals surface area contributed by atoms with E-state index >= 15 is 0 Å². The van der Waals surface area contributed by atoms with Crippen LogP contribution in [0.5, 0.6) is 0 Å². The van der Waals surface area contributed by atoms with Gasteiger partial charge in [0.05, 0.1) is 6.10 Å². The fourth-order valence-corrected chi connectivity index (χ4v) is 0.605. The first kappa shape index (κ1) is 11.7. The third-order valence-electron chi connectivity index (χ3n) is 0.337. The van der Waals surface area contributed by atoms with Gasteiger partial charge >= 0.3 is 0 Å². The number of thiocarbonyl (C=S) groups is 1. The van der Waals surface area contributed by atoms with Crippen molar-refractivity contribution in [2.24, 2.45) is 0 Å². The predicted molar refractivity (Wildman–Crippen MR) is 37.8 cm³/mol. The first-order valence-corrected chi connectivity index (χ1v) is 2.88. The molecule has 0 amide bonds. The number of ether oxygens (including phenoxy) is 1. The standard InChI is InChI=1S/C4H8OS2.Ag/c1-3(2)5-4(6)7;/h3H,1-2H3,(H,6,7);. The van der Waals surface area contributed by atoms with Crippen LogP contribution in [0.2, 0.25) is 0 Å². The summed E-state index contributed by atoms with van der Waals surface area (Å²) in [7, 11) is 0. The Kier molecular flexibility index (Phi) is 8.96. The van der Waals surface area contributed by atoms with E-state index in [4.69, 9.17) is 4.74 Å². The molecule has 1 nitrogen and oxygen atoms in total. The van der Waals surface area contributed by atoms with E-state index < -0.39 is 0 Å². The molecule has 0 spiro atoms. The molecule has 0 aromatic heterocycles. The first-order chi connectivity index (χ1) is 3.13. The van der Waals surface area contributed by atoms with Gasteiger partial charge in [0.1, 0.15) is 0 Å². The molecule has 0 aliphatic carbocycles. The molecular weight excluding hydrogens is 236 g/mol. The zero-order valence-electron chi connectivity index (χ0n) is 4.64. The van der Waals surface area contributed by atoms with E-state index in [0.717, 1.165) is 0 Å². The van der Waals surface area contributed by atoms with Crippen LogP contribution in [-0.4, -0.2) is 10.5 Å². The van der Waals surface area contributed by atoms with Crippen LogP contribution < -0.4 is 0 Å². The van der Waals surface area contributed by atoms with Crippen LogP contribution in [0.25, 0.3) is 0 Å². The van der Waals surface area contributed by atoms with Crippen molar-refractivity contribution in [3.8, 4) is 0 Å². The molecule has 0 aromatic carbocycles. The van der Waals surface area contributed by atoms with Gasteiger partial charge < -0.3 is 4.74 Å².